The van der Waals surface area contributed by atoms with Gasteiger partial charge in [0.1, 0.15) is 0 Å². The third kappa shape index (κ3) is 3.02. The molecule has 1 atom stereocenters. The molecule has 0 aromatic rings. The molecule has 0 radical (unpaired) electrons. The number of hydrogen-bond acceptors (Lipinski definition) is 2. The molecular formula is C10H18ClF2NO. The Kier molecular flexibility index (Phi) is 3.95. The highest BCUT2D eigenvalue weighted by Gasteiger charge is 2.45. The Labute approximate surface area is 94.9 Å². The van der Waals surface area contributed by atoms with Gasteiger partial charge in [-0.3, -0.25) is 0 Å². The van der Waals surface area contributed by atoms with Crippen LogP contribution in [0.1, 0.15) is 38.5 Å². The summed E-state index contributed by atoms with van der Waals surface area (Å²) < 4.78 is 31.6. The predicted molar refractivity (Wildman–Crippen MR) is 56.6 cm³/mol. The van der Waals surface area contributed by atoms with E-state index in [1.165, 1.54) is 0 Å². The number of nitrogens with two attached hydrogens (primary N) is 1. The van der Waals surface area contributed by atoms with Gasteiger partial charge < -0.3 is 10.5 Å². The van der Waals surface area contributed by atoms with Gasteiger partial charge in [0.15, 0.2) is 0 Å². The van der Waals surface area contributed by atoms with Gasteiger partial charge in [-0.2, -0.15) is 0 Å². The van der Waals surface area contributed by atoms with E-state index in [2.05, 4.69) is 0 Å². The van der Waals surface area contributed by atoms with E-state index in [9.17, 15) is 8.78 Å². The third-order valence-electron chi connectivity index (χ3n) is 3.42. The first-order chi connectivity index (χ1) is 6.52. The van der Waals surface area contributed by atoms with Gasteiger partial charge in [0.2, 0.25) is 5.92 Å². The summed E-state index contributed by atoms with van der Waals surface area (Å²) in [6, 6.07) is 0.135. The fourth-order valence-electron chi connectivity index (χ4n) is 2.49. The van der Waals surface area contributed by atoms with E-state index in [4.69, 9.17) is 10.5 Å². The van der Waals surface area contributed by atoms with Crippen molar-refractivity contribution < 1.29 is 13.5 Å². The summed E-state index contributed by atoms with van der Waals surface area (Å²) in [5, 5.41) is 0. The lowest BCUT2D eigenvalue weighted by Gasteiger charge is -2.44. The van der Waals surface area contributed by atoms with E-state index in [0.29, 0.717) is 19.4 Å². The number of ether oxygens (including phenoxy) is 1. The lowest BCUT2D eigenvalue weighted by molar-refractivity contribution is -0.152. The van der Waals surface area contributed by atoms with Crippen LogP contribution in [-0.2, 0) is 4.74 Å². The van der Waals surface area contributed by atoms with Crippen molar-refractivity contribution in [2.75, 3.05) is 6.61 Å². The first-order valence-corrected chi connectivity index (χ1v) is 5.29. The number of alkyl halides is 2. The Morgan fingerprint density at radius 2 is 1.73 bits per heavy atom. The normalized spacial score (nSPS) is 33.4. The first kappa shape index (κ1) is 13.1. The molecule has 1 aliphatic heterocycles. The third-order valence-corrected chi connectivity index (χ3v) is 3.42. The Morgan fingerprint density at radius 1 is 1.13 bits per heavy atom. The molecule has 1 saturated heterocycles. The van der Waals surface area contributed by atoms with E-state index in [0.717, 1.165) is 12.8 Å². The minimum atomic E-state index is -2.48. The molecule has 2 nitrogen and oxygen atoms in total. The summed E-state index contributed by atoms with van der Waals surface area (Å²) in [6.07, 6.45) is 2.46. The van der Waals surface area contributed by atoms with Gasteiger partial charge in [-0.15, -0.1) is 12.4 Å². The molecule has 2 N–H and O–H groups in total. The highest BCUT2D eigenvalue weighted by molar-refractivity contribution is 5.85. The minimum absolute atomic E-state index is 0. The molecule has 1 saturated carbocycles. The maximum Gasteiger partial charge on any atom is 0.248 e. The molecule has 1 spiro atoms. The van der Waals surface area contributed by atoms with Crippen molar-refractivity contribution in [1.82, 2.24) is 0 Å². The molecule has 0 bridgehead atoms. The zero-order valence-corrected chi connectivity index (χ0v) is 9.49. The van der Waals surface area contributed by atoms with Crippen molar-refractivity contribution in [1.29, 1.82) is 0 Å². The van der Waals surface area contributed by atoms with E-state index in [-0.39, 0.29) is 36.9 Å². The van der Waals surface area contributed by atoms with E-state index in [1.807, 2.05) is 0 Å². The van der Waals surface area contributed by atoms with Crippen LogP contribution in [0.15, 0.2) is 0 Å². The summed E-state index contributed by atoms with van der Waals surface area (Å²) >= 11 is 0. The van der Waals surface area contributed by atoms with Gasteiger partial charge in [-0.1, -0.05) is 0 Å². The van der Waals surface area contributed by atoms with Crippen molar-refractivity contribution in [3.63, 3.8) is 0 Å². The second-order valence-electron chi connectivity index (χ2n) is 4.64. The average molecular weight is 242 g/mol. The van der Waals surface area contributed by atoms with E-state index in [1.54, 1.807) is 0 Å². The summed E-state index contributed by atoms with van der Waals surface area (Å²) in [5.41, 5.74) is 5.52. The SMILES string of the molecule is Cl.NC1CCOC2(CCC(F)(F)CC2)C1. The largest absolute Gasteiger partial charge is 0.375 e. The highest BCUT2D eigenvalue weighted by Crippen LogP contribution is 2.44. The molecular weight excluding hydrogens is 224 g/mol. The summed E-state index contributed by atoms with van der Waals surface area (Å²) in [6.45, 7) is 0.632. The standard InChI is InChI=1S/C10H17F2NO.ClH/c11-10(12)4-2-9(3-5-10)7-8(13)1-6-14-9;/h8H,1-7,13H2;1H. The van der Waals surface area contributed by atoms with E-state index < -0.39 is 5.92 Å². The second kappa shape index (κ2) is 4.52. The molecule has 90 valence electrons. The fraction of sp³-hybridized carbons (Fsp3) is 1.00. The average Bonchev–Trinajstić information content (AvgIpc) is 2.12. The molecule has 2 fully saturated rings. The predicted octanol–water partition coefficient (Wildman–Crippen LogP) is 2.49. The topological polar surface area (TPSA) is 35.2 Å². The monoisotopic (exact) mass is 241 g/mol. The molecule has 15 heavy (non-hydrogen) atoms. The maximum atomic E-state index is 13.0. The Balaban J connectivity index is 0.00000112. The number of halogens is 3. The maximum absolute atomic E-state index is 13.0. The molecule has 0 amide bonds. The van der Waals surface area contributed by atoms with Crippen molar-refractivity contribution in [2.24, 2.45) is 5.73 Å². The highest BCUT2D eigenvalue weighted by atomic mass is 35.5. The number of rotatable bonds is 0. The fourth-order valence-corrected chi connectivity index (χ4v) is 2.49. The van der Waals surface area contributed by atoms with Gasteiger partial charge in [0, 0.05) is 25.5 Å². The van der Waals surface area contributed by atoms with Gasteiger partial charge in [-0.05, 0) is 25.7 Å². The molecule has 2 rings (SSSR count). The molecule has 0 aromatic heterocycles. The van der Waals surface area contributed by atoms with Crippen molar-refractivity contribution >= 4 is 12.4 Å². The zero-order chi connectivity index (χ0) is 10.2. The van der Waals surface area contributed by atoms with Crippen molar-refractivity contribution in [2.45, 2.75) is 56.1 Å². The van der Waals surface area contributed by atoms with Crippen molar-refractivity contribution in [3.8, 4) is 0 Å². The van der Waals surface area contributed by atoms with Gasteiger partial charge in [-0.25, -0.2) is 8.78 Å². The van der Waals surface area contributed by atoms with Crippen molar-refractivity contribution in [3.05, 3.63) is 0 Å². The number of hydrogen-bond donors (Lipinski definition) is 1. The lowest BCUT2D eigenvalue weighted by Crippen LogP contribution is -2.48. The summed E-state index contributed by atoms with van der Waals surface area (Å²) in [7, 11) is 0. The van der Waals surface area contributed by atoms with Crippen LogP contribution < -0.4 is 5.73 Å². The van der Waals surface area contributed by atoms with E-state index >= 15 is 0 Å². The van der Waals surface area contributed by atoms with Gasteiger partial charge in [0.05, 0.1) is 5.60 Å². The van der Waals surface area contributed by atoms with Crippen LogP contribution in [0.3, 0.4) is 0 Å². The minimum Gasteiger partial charge on any atom is -0.375 e. The molecule has 1 unspecified atom stereocenters. The Morgan fingerprint density at radius 3 is 2.27 bits per heavy atom. The Bertz CT molecular complexity index is 215. The van der Waals surface area contributed by atoms with Crippen LogP contribution in [0.25, 0.3) is 0 Å². The van der Waals surface area contributed by atoms with Crippen LogP contribution in [0.5, 0.6) is 0 Å². The quantitative estimate of drug-likeness (QED) is 0.707. The smallest absolute Gasteiger partial charge is 0.248 e. The summed E-state index contributed by atoms with van der Waals surface area (Å²) in [5.74, 6) is -2.48. The molecule has 1 aliphatic carbocycles. The van der Waals surface area contributed by atoms with Crippen LogP contribution >= 0.6 is 12.4 Å². The molecule has 2 aliphatic rings. The first-order valence-electron chi connectivity index (χ1n) is 5.29. The lowest BCUT2D eigenvalue weighted by atomic mass is 9.77. The van der Waals surface area contributed by atoms with Gasteiger partial charge in [0.25, 0.3) is 0 Å². The van der Waals surface area contributed by atoms with Crippen LogP contribution in [0, 0.1) is 0 Å². The Hall–Kier alpha value is 0.0700. The molecule has 5 heteroatoms. The zero-order valence-electron chi connectivity index (χ0n) is 8.68. The van der Waals surface area contributed by atoms with Crippen LogP contribution in [-0.4, -0.2) is 24.2 Å². The second-order valence-corrected chi connectivity index (χ2v) is 4.64. The molecule has 0 aromatic carbocycles. The van der Waals surface area contributed by atoms with Gasteiger partial charge >= 0.3 is 0 Å². The summed E-state index contributed by atoms with van der Waals surface area (Å²) in [4.78, 5) is 0. The molecule has 1 heterocycles. The van der Waals surface area contributed by atoms with Crippen LogP contribution in [0.4, 0.5) is 8.78 Å². The van der Waals surface area contributed by atoms with Crippen LogP contribution in [0.2, 0.25) is 0 Å².